The normalized spacial score (nSPS) is 17.4. The van der Waals surface area contributed by atoms with Gasteiger partial charge in [-0.25, -0.2) is 4.79 Å². The van der Waals surface area contributed by atoms with Gasteiger partial charge in [0.1, 0.15) is 5.60 Å². The molecule has 1 atom stereocenters. The van der Waals surface area contributed by atoms with Crippen LogP contribution in [0.2, 0.25) is 0 Å². The summed E-state index contributed by atoms with van der Waals surface area (Å²) >= 11 is 6.17. The molecule has 2 aromatic rings. The first-order valence-electron chi connectivity index (χ1n) is 7.69. The zero-order chi connectivity index (χ0) is 16.8. The number of hydrogen-bond donors (Lipinski definition) is 1. The molecule has 5 heteroatoms. The Balaban J connectivity index is 2.13. The van der Waals surface area contributed by atoms with Gasteiger partial charge in [-0.3, -0.25) is 4.90 Å². The van der Waals surface area contributed by atoms with Gasteiger partial charge in [0.2, 0.25) is 0 Å². The molecular weight excluding hydrogens is 312 g/mol. The predicted octanol–water partition coefficient (Wildman–Crippen LogP) is 4.50. The number of nitrogens with zero attached hydrogens (tertiary/aromatic N) is 1. The second-order valence-corrected chi connectivity index (χ2v) is 7.19. The van der Waals surface area contributed by atoms with Crippen molar-refractivity contribution in [3.05, 3.63) is 35.9 Å². The number of benzene rings is 2. The average molecular weight is 333 g/mol. The SMILES string of the molecule is CC(C)(C)OC(=O)N1C[C@H](CCl)c2c1cc(N)c1ccccc21. The Kier molecular flexibility index (Phi) is 3.88. The van der Waals surface area contributed by atoms with E-state index in [4.69, 9.17) is 22.1 Å². The van der Waals surface area contributed by atoms with Gasteiger partial charge in [0, 0.05) is 29.4 Å². The maximum atomic E-state index is 12.6. The number of alkyl halides is 1. The number of fused-ring (bicyclic) bond motifs is 3. The van der Waals surface area contributed by atoms with E-state index in [0.717, 1.165) is 22.0 Å². The smallest absolute Gasteiger partial charge is 0.414 e. The van der Waals surface area contributed by atoms with Crippen LogP contribution >= 0.6 is 11.6 Å². The molecule has 0 bridgehead atoms. The molecular formula is C18H21ClN2O2. The summed E-state index contributed by atoms with van der Waals surface area (Å²) < 4.78 is 5.53. The van der Waals surface area contributed by atoms with Gasteiger partial charge in [0.05, 0.1) is 5.69 Å². The van der Waals surface area contributed by atoms with E-state index in [2.05, 4.69) is 0 Å². The molecule has 4 nitrogen and oxygen atoms in total. The van der Waals surface area contributed by atoms with E-state index in [1.165, 1.54) is 0 Å². The van der Waals surface area contributed by atoms with Crippen LogP contribution in [0.4, 0.5) is 16.2 Å². The number of carbonyl (C=O) groups excluding carboxylic acids is 1. The molecule has 0 aliphatic carbocycles. The highest BCUT2D eigenvalue weighted by molar-refractivity contribution is 6.19. The largest absolute Gasteiger partial charge is 0.443 e. The Morgan fingerprint density at radius 3 is 2.61 bits per heavy atom. The number of carbonyl (C=O) groups is 1. The molecule has 0 saturated heterocycles. The van der Waals surface area contributed by atoms with Crippen molar-refractivity contribution in [1.29, 1.82) is 0 Å². The van der Waals surface area contributed by atoms with Crippen LogP contribution in [0.3, 0.4) is 0 Å². The quantitative estimate of drug-likeness (QED) is 0.618. The number of halogens is 1. The van der Waals surface area contributed by atoms with Crippen LogP contribution in [0.25, 0.3) is 10.8 Å². The third kappa shape index (κ3) is 2.83. The van der Waals surface area contributed by atoms with Crippen molar-refractivity contribution in [2.24, 2.45) is 0 Å². The Labute approximate surface area is 141 Å². The second kappa shape index (κ2) is 5.60. The molecule has 1 heterocycles. The minimum Gasteiger partial charge on any atom is -0.443 e. The van der Waals surface area contributed by atoms with E-state index in [0.29, 0.717) is 18.1 Å². The van der Waals surface area contributed by atoms with E-state index in [1.807, 2.05) is 51.1 Å². The lowest BCUT2D eigenvalue weighted by atomic mass is 9.95. The third-order valence-corrected chi connectivity index (χ3v) is 4.37. The number of rotatable bonds is 1. The van der Waals surface area contributed by atoms with Crippen molar-refractivity contribution in [2.45, 2.75) is 32.3 Å². The molecule has 23 heavy (non-hydrogen) atoms. The molecule has 0 fully saturated rings. The number of hydrogen-bond acceptors (Lipinski definition) is 3. The molecule has 1 aliphatic heterocycles. The zero-order valence-electron chi connectivity index (χ0n) is 13.6. The second-order valence-electron chi connectivity index (χ2n) is 6.89. The summed E-state index contributed by atoms with van der Waals surface area (Å²) in [5.41, 5.74) is 8.19. The third-order valence-electron chi connectivity index (χ3n) is 4.00. The zero-order valence-corrected chi connectivity index (χ0v) is 14.4. The Morgan fingerprint density at radius 2 is 2.00 bits per heavy atom. The van der Waals surface area contributed by atoms with Gasteiger partial charge in [0.15, 0.2) is 0 Å². The molecule has 122 valence electrons. The van der Waals surface area contributed by atoms with Crippen LogP contribution in [0.1, 0.15) is 32.3 Å². The van der Waals surface area contributed by atoms with Gasteiger partial charge >= 0.3 is 6.09 Å². The molecule has 0 aromatic heterocycles. The minimum absolute atomic E-state index is 0.0738. The number of amides is 1. The Bertz CT molecular complexity index is 767. The van der Waals surface area contributed by atoms with Crippen molar-refractivity contribution in [1.82, 2.24) is 0 Å². The van der Waals surface area contributed by atoms with Crippen LogP contribution in [-0.4, -0.2) is 24.1 Å². The van der Waals surface area contributed by atoms with Gasteiger partial charge in [-0.15, -0.1) is 11.6 Å². The maximum Gasteiger partial charge on any atom is 0.414 e. The lowest BCUT2D eigenvalue weighted by molar-refractivity contribution is 0.0582. The monoisotopic (exact) mass is 332 g/mol. The molecule has 0 unspecified atom stereocenters. The lowest BCUT2D eigenvalue weighted by Crippen LogP contribution is -2.36. The van der Waals surface area contributed by atoms with Crippen molar-refractivity contribution in [3.8, 4) is 0 Å². The first-order chi connectivity index (χ1) is 10.8. The number of anilines is 2. The number of ether oxygens (including phenoxy) is 1. The molecule has 1 amide bonds. The summed E-state index contributed by atoms with van der Waals surface area (Å²) in [4.78, 5) is 14.2. The van der Waals surface area contributed by atoms with Gasteiger partial charge in [-0.2, -0.15) is 0 Å². The molecule has 0 spiro atoms. The van der Waals surface area contributed by atoms with E-state index in [-0.39, 0.29) is 12.0 Å². The average Bonchev–Trinajstić information content (AvgIpc) is 2.84. The Morgan fingerprint density at radius 1 is 1.35 bits per heavy atom. The summed E-state index contributed by atoms with van der Waals surface area (Å²) in [7, 11) is 0. The summed E-state index contributed by atoms with van der Waals surface area (Å²) in [5.74, 6) is 0.518. The fourth-order valence-corrected chi connectivity index (χ4v) is 3.34. The summed E-state index contributed by atoms with van der Waals surface area (Å²) in [6, 6.07) is 9.81. The summed E-state index contributed by atoms with van der Waals surface area (Å²) in [6.45, 7) is 6.09. The number of nitrogens with two attached hydrogens (primary N) is 1. The van der Waals surface area contributed by atoms with E-state index < -0.39 is 5.60 Å². The summed E-state index contributed by atoms with van der Waals surface area (Å²) in [6.07, 6.45) is -0.360. The highest BCUT2D eigenvalue weighted by atomic mass is 35.5. The van der Waals surface area contributed by atoms with Crippen LogP contribution in [0.5, 0.6) is 0 Å². The van der Waals surface area contributed by atoms with Crippen LogP contribution in [0.15, 0.2) is 30.3 Å². The fraction of sp³-hybridized carbons (Fsp3) is 0.389. The predicted molar refractivity (Wildman–Crippen MR) is 95.4 cm³/mol. The highest BCUT2D eigenvalue weighted by Crippen LogP contribution is 2.44. The molecule has 3 rings (SSSR count). The highest BCUT2D eigenvalue weighted by Gasteiger charge is 2.36. The molecule has 0 saturated carbocycles. The van der Waals surface area contributed by atoms with Crippen LogP contribution < -0.4 is 10.6 Å². The van der Waals surface area contributed by atoms with Crippen LogP contribution in [0, 0.1) is 0 Å². The van der Waals surface area contributed by atoms with Gasteiger partial charge < -0.3 is 10.5 Å². The van der Waals surface area contributed by atoms with Gasteiger partial charge in [-0.1, -0.05) is 24.3 Å². The van der Waals surface area contributed by atoms with Gasteiger partial charge in [-0.05, 0) is 37.8 Å². The maximum absolute atomic E-state index is 12.6. The number of nitrogen functional groups attached to an aromatic ring is 1. The van der Waals surface area contributed by atoms with Crippen molar-refractivity contribution >= 4 is 39.8 Å². The van der Waals surface area contributed by atoms with Crippen molar-refractivity contribution in [2.75, 3.05) is 23.1 Å². The lowest BCUT2D eigenvalue weighted by Gasteiger charge is -2.25. The first kappa shape index (κ1) is 15.9. The van der Waals surface area contributed by atoms with E-state index >= 15 is 0 Å². The van der Waals surface area contributed by atoms with Crippen LogP contribution in [-0.2, 0) is 4.74 Å². The summed E-state index contributed by atoms with van der Waals surface area (Å²) in [5, 5.41) is 2.05. The van der Waals surface area contributed by atoms with Crippen molar-refractivity contribution < 1.29 is 9.53 Å². The van der Waals surface area contributed by atoms with Gasteiger partial charge in [0.25, 0.3) is 0 Å². The molecule has 2 aromatic carbocycles. The van der Waals surface area contributed by atoms with E-state index in [9.17, 15) is 4.79 Å². The molecule has 0 radical (unpaired) electrons. The molecule has 1 aliphatic rings. The standard InChI is InChI=1S/C18H21ClN2O2/c1-18(2,3)23-17(22)21-10-11(9-19)16-13-7-5-4-6-12(13)14(20)8-15(16)21/h4-8,11H,9-10,20H2,1-3H3/t11-/m0/s1. The Hall–Kier alpha value is -1.94. The molecule has 2 N–H and O–H groups in total. The van der Waals surface area contributed by atoms with E-state index in [1.54, 1.807) is 4.90 Å². The minimum atomic E-state index is -0.543. The topological polar surface area (TPSA) is 55.6 Å². The van der Waals surface area contributed by atoms with Crippen molar-refractivity contribution in [3.63, 3.8) is 0 Å². The first-order valence-corrected chi connectivity index (χ1v) is 8.23. The fourth-order valence-electron chi connectivity index (χ4n) is 3.09.